The van der Waals surface area contributed by atoms with Crippen LogP contribution in [0.4, 0.5) is 0 Å². The maximum absolute atomic E-state index is 11.8. The van der Waals surface area contributed by atoms with Crippen LogP contribution in [0.2, 0.25) is 0 Å². The topological polar surface area (TPSA) is 80.4 Å². The first-order valence-corrected chi connectivity index (χ1v) is 10.1. The van der Waals surface area contributed by atoms with Crippen molar-refractivity contribution in [1.82, 2.24) is 0 Å². The number of aryl methyl sites for hydroxylation is 2. The highest BCUT2D eigenvalue weighted by Crippen LogP contribution is 2.48. The third-order valence-corrected chi connectivity index (χ3v) is 6.98. The highest BCUT2D eigenvalue weighted by atomic mass is 32.1. The smallest absolute Gasteiger partial charge is 0.314 e. The van der Waals surface area contributed by atoms with Crippen LogP contribution in [-0.2, 0) is 10.2 Å². The molecule has 1 saturated carbocycles. The summed E-state index contributed by atoms with van der Waals surface area (Å²) in [5.74, 6) is -0.797. The molecule has 2 aliphatic carbocycles. The lowest BCUT2D eigenvalue weighted by molar-refractivity contribution is -0.504. The Morgan fingerprint density at radius 2 is 1.89 bits per heavy atom. The van der Waals surface area contributed by atoms with Gasteiger partial charge in [-0.05, 0) is 55.0 Å². The Balaban J connectivity index is 1.68. The molecular weight excluding hydrogens is 374 g/mol. The van der Waals surface area contributed by atoms with Crippen LogP contribution in [0.3, 0.4) is 0 Å². The van der Waals surface area contributed by atoms with E-state index < -0.39 is 17.4 Å². The average Bonchev–Trinajstić information content (AvgIpc) is 3.41. The Morgan fingerprint density at radius 3 is 2.39 bits per heavy atom. The van der Waals surface area contributed by atoms with Crippen LogP contribution in [0.25, 0.3) is 11.1 Å². The average molecular weight is 395 g/mol. The van der Waals surface area contributed by atoms with E-state index in [-0.39, 0.29) is 4.92 Å². The second-order valence-electron chi connectivity index (χ2n) is 7.65. The zero-order chi connectivity index (χ0) is 20.1. The number of allylic oxidation sites excluding steroid dienone is 2. The van der Waals surface area contributed by atoms with Gasteiger partial charge in [-0.1, -0.05) is 36.4 Å². The lowest BCUT2D eigenvalue weighted by Crippen LogP contribution is -2.24. The molecular formula is C22H21NO4S. The minimum atomic E-state index is -0.804. The van der Waals surface area contributed by atoms with Crippen molar-refractivity contribution in [3.8, 4) is 0 Å². The normalized spacial score (nSPS) is 20.3. The minimum absolute atomic E-state index is 0.220. The number of benzene rings is 1. The Morgan fingerprint density at radius 1 is 1.21 bits per heavy atom. The van der Waals surface area contributed by atoms with Gasteiger partial charge in [0.15, 0.2) is 0 Å². The summed E-state index contributed by atoms with van der Waals surface area (Å²) in [7, 11) is 0. The van der Waals surface area contributed by atoms with Gasteiger partial charge in [-0.25, -0.2) is 0 Å². The molecule has 1 unspecified atom stereocenters. The van der Waals surface area contributed by atoms with Crippen LogP contribution in [-0.4, -0.2) is 22.0 Å². The molecule has 5 nitrogen and oxygen atoms in total. The molecule has 0 saturated heterocycles. The second kappa shape index (κ2) is 6.71. The summed E-state index contributed by atoms with van der Waals surface area (Å²) in [6.45, 7) is 4.08. The number of hydrogen-bond acceptors (Lipinski definition) is 4. The molecule has 0 spiro atoms. The van der Waals surface area contributed by atoms with Gasteiger partial charge in [0.05, 0.1) is 5.41 Å². The van der Waals surface area contributed by atoms with Crippen LogP contribution >= 0.6 is 11.3 Å². The number of carboxylic acids is 1. The van der Waals surface area contributed by atoms with Gasteiger partial charge in [-0.2, -0.15) is 0 Å². The maximum Gasteiger partial charge on any atom is 0.314 e. The lowest BCUT2D eigenvalue weighted by atomic mass is 9.86. The number of aliphatic carboxylic acids is 1. The Kier molecular flexibility index (Phi) is 4.46. The third kappa shape index (κ3) is 3.07. The zero-order valence-corrected chi connectivity index (χ0v) is 16.6. The van der Waals surface area contributed by atoms with Crippen LogP contribution in [0.1, 0.15) is 45.7 Å². The highest BCUT2D eigenvalue weighted by Gasteiger charge is 2.51. The zero-order valence-electron chi connectivity index (χ0n) is 15.8. The quantitative estimate of drug-likeness (QED) is 0.571. The molecule has 28 heavy (non-hydrogen) atoms. The van der Waals surface area contributed by atoms with Crippen molar-refractivity contribution >= 4 is 28.5 Å². The fourth-order valence-electron chi connectivity index (χ4n) is 4.03. The second-order valence-corrected chi connectivity index (χ2v) is 8.91. The molecule has 1 atom stereocenters. The maximum atomic E-state index is 11.8. The van der Waals surface area contributed by atoms with Crippen molar-refractivity contribution < 1.29 is 14.8 Å². The molecule has 1 N–H and O–H groups in total. The number of hydrogen-bond donors (Lipinski definition) is 1. The molecule has 2 aliphatic rings. The van der Waals surface area contributed by atoms with Gasteiger partial charge < -0.3 is 5.11 Å². The van der Waals surface area contributed by atoms with Gasteiger partial charge in [0.2, 0.25) is 6.04 Å². The van der Waals surface area contributed by atoms with Crippen LogP contribution < -0.4 is 0 Å². The fourth-order valence-corrected chi connectivity index (χ4v) is 5.09. The van der Waals surface area contributed by atoms with E-state index in [4.69, 9.17) is 0 Å². The van der Waals surface area contributed by atoms with Gasteiger partial charge in [-0.15, -0.1) is 11.3 Å². The van der Waals surface area contributed by atoms with E-state index in [0.29, 0.717) is 24.8 Å². The van der Waals surface area contributed by atoms with Gasteiger partial charge in [0.25, 0.3) is 0 Å². The van der Waals surface area contributed by atoms with Crippen molar-refractivity contribution in [3.05, 3.63) is 79.0 Å². The third-order valence-electron chi connectivity index (χ3n) is 5.75. The standard InChI is InChI=1S/C22H21NO4S/c1-13-11-14(2)28-20(13)16-5-8-18(19(12-16)23(26)27)15-3-6-17(7-4-15)22(9-10-22)21(24)25/h3-8,11,19H,9-10,12H2,1-2H3,(H,24,25). The largest absolute Gasteiger partial charge is 0.481 e. The van der Waals surface area contributed by atoms with E-state index in [1.807, 2.05) is 38.1 Å². The number of thiophene rings is 1. The van der Waals surface area contributed by atoms with E-state index in [9.17, 15) is 20.0 Å². The van der Waals surface area contributed by atoms with E-state index in [0.717, 1.165) is 27.1 Å². The number of carbonyl (C=O) groups is 1. The van der Waals surface area contributed by atoms with Crippen molar-refractivity contribution in [2.45, 2.75) is 44.6 Å². The Labute approximate surface area is 167 Å². The van der Waals surface area contributed by atoms with Gasteiger partial charge >= 0.3 is 5.97 Å². The van der Waals surface area contributed by atoms with Crippen LogP contribution in [0.15, 0.2) is 42.5 Å². The summed E-state index contributed by atoms with van der Waals surface area (Å²) in [5.41, 5.74) is 3.62. The molecule has 1 aromatic heterocycles. The molecule has 1 aromatic carbocycles. The first-order valence-electron chi connectivity index (χ1n) is 9.28. The van der Waals surface area contributed by atoms with Gasteiger partial charge in [0, 0.05) is 26.7 Å². The fraction of sp³-hybridized carbons (Fsp3) is 0.318. The van der Waals surface area contributed by atoms with Crippen LogP contribution in [0.5, 0.6) is 0 Å². The predicted octanol–water partition coefficient (Wildman–Crippen LogP) is 5.00. The molecule has 1 heterocycles. The SMILES string of the molecule is Cc1cc(C)c(C2=CC=C(c3ccc(C4(C(=O)O)CC4)cc3)C([N+](=O)[O-])C2)s1. The first kappa shape index (κ1) is 18.6. The molecule has 0 bridgehead atoms. The number of nitrogens with zero attached hydrogens (tertiary/aromatic N) is 1. The molecule has 0 aliphatic heterocycles. The highest BCUT2D eigenvalue weighted by molar-refractivity contribution is 7.13. The van der Waals surface area contributed by atoms with Crippen molar-refractivity contribution in [2.75, 3.05) is 0 Å². The van der Waals surface area contributed by atoms with Crippen LogP contribution in [0, 0.1) is 24.0 Å². The Bertz CT molecular complexity index is 1030. The molecule has 2 aromatic rings. The summed E-state index contributed by atoms with van der Waals surface area (Å²) >= 11 is 1.67. The molecule has 0 amide bonds. The predicted molar refractivity (Wildman–Crippen MR) is 110 cm³/mol. The van der Waals surface area contributed by atoms with E-state index >= 15 is 0 Å². The van der Waals surface area contributed by atoms with E-state index in [1.54, 1.807) is 23.5 Å². The van der Waals surface area contributed by atoms with E-state index in [2.05, 4.69) is 6.07 Å². The lowest BCUT2D eigenvalue weighted by Gasteiger charge is -2.20. The van der Waals surface area contributed by atoms with Crippen molar-refractivity contribution in [2.24, 2.45) is 0 Å². The summed E-state index contributed by atoms with van der Waals surface area (Å²) in [4.78, 5) is 25.4. The monoisotopic (exact) mass is 395 g/mol. The minimum Gasteiger partial charge on any atom is -0.481 e. The van der Waals surface area contributed by atoms with Crippen molar-refractivity contribution in [3.63, 3.8) is 0 Å². The number of carboxylic acid groups (broad SMARTS) is 1. The van der Waals surface area contributed by atoms with E-state index in [1.165, 1.54) is 4.88 Å². The van der Waals surface area contributed by atoms with Gasteiger partial charge in [0.1, 0.15) is 0 Å². The number of nitro groups is 1. The molecule has 1 fully saturated rings. The summed E-state index contributed by atoms with van der Waals surface area (Å²) in [6, 6.07) is 8.55. The van der Waals surface area contributed by atoms with Crippen molar-refractivity contribution in [1.29, 1.82) is 0 Å². The molecule has 144 valence electrons. The summed E-state index contributed by atoms with van der Waals surface area (Å²) < 4.78 is 0. The summed E-state index contributed by atoms with van der Waals surface area (Å²) in [5, 5.41) is 21.2. The molecule has 4 rings (SSSR count). The number of rotatable bonds is 5. The Hall–Kier alpha value is -2.73. The first-order chi connectivity index (χ1) is 13.3. The summed E-state index contributed by atoms with van der Waals surface area (Å²) in [6.07, 6.45) is 5.49. The van der Waals surface area contributed by atoms with Gasteiger partial charge in [-0.3, -0.25) is 14.9 Å². The molecule has 0 radical (unpaired) electrons. The molecule has 6 heteroatoms.